The molecule has 0 saturated heterocycles. The molecule has 1 aliphatic rings. The molecule has 98 valence electrons. The van der Waals surface area contributed by atoms with Crippen molar-refractivity contribution in [3.05, 3.63) is 52.9 Å². The number of hydrogen-bond donors (Lipinski definition) is 0. The Labute approximate surface area is 118 Å². The van der Waals surface area contributed by atoms with Gasteiger partial charge in [0.25, 0.3) is 0 Å². The van der Waals surface area contributed by atoms with E-state index < -0.39 is 0 Å². The zero-order valence-corrected chi connectivity index (χ0v) is 11.6. The van der Waals surface area contributed by atoms with E-state index in [1.165, 1.54) is 11.1 Å². The fourth-order valence-electron chi connectivity index (χ4n) is 2.77. The third-order valence-corrected chi connectivity index (χ3v) is 3.91. The Balaban J connectivity index is 2.00. The summed E-state index contributed by atoms with van der Waals surface area (Å²) in [6, 6.07) is 10.9. The molecule has 2 heterocycles. The molecule has 0 amide bonds. The maximum absolute atomic E-state index is 5.90. The second kappa shape index (κ2) is 5.17. The van der Waals surface area contributed by atoms with E-state index in [4.69, 9.17) is 11.6 Å². The molecule has 1 aromatic carbocycles. The normalized spacial score (nSPS) is 18.8. The van der Waals surface area contributed by atoms with Crippen LogP contribution in [0.5, 0.6) is 0 Å². The van der Waals surface area contributed by atoms with Gasteiger partial charge in [-0.25, -0.2) is 9.97 Å². The van der Waals surface area contributed by atoms with Crippen LogP contribution in [-0.2, 0) is 6.42 Å². The van der Waals surface area contributed by atoms with Crippen LogP contribution in [0.1, 0.15) is 30.5 Å². The molecule has 0 bridgehead atoms. The van der Waals surface area contributed by atoms with Gasteiger partial charge in [-0.15, -0.1) is 0 Å². The minimum Gasteiger partial charge on any atom is -0.350 e. The van der Waals surface area contributed by atoms with Gasteiger partial charge in [0.15, 0.2) is 0 Å². The fourth-order valence-corrected chi connectivity index (χ4v) is 2.91. The van der Waals surface area contributed by atoms with Crippen molar-refractivity contribution in [1.29, 1.82) is 0 Å². The summed E-state index contributed by atoms with van der Waals surface area (Å²) in [5.74, 6) is 0.907. The Morgan fingerprint density at radius 3 is 2.95 bits per heavy atom. The SMILES string of the molecule is CC1c2ccccc2CCCN1c1ccnc(Cl)n1. The second-order valence-electron chi connectivity index (χ2n) is 4.86. The van der Waals surface area contributed by atoms with Gasteiger partial charge < -0.3 is 4.90 Å². The van der Waals surface area contributed by atoms with Crippen molar-refractivity contribution in [2.24, 2.45) is 0 Å². The molecule has 1 unspecified atom stereocenters. The number of nitrogens with zero attached hydrogens (tertiary/aromatic N) is 3. The Hall–Kier alpha value is -1.61. The highest BCUT2D eigenvalue weighted by Crippen LogP contribution is 2.31. The topological polar surface area (TPSA) is 29.0 Å². The van der Waals surface area contributed by atoms with E-state index in [1.54, 1.807) is 6.20 Å². The minimum absolute atomic E-state index is 0.308. The molecule has 4 heteroatoms. The summed E-state index contributed by atoms with van der Waals surface area (Å²) in [6.07, 6.45) is 3.97. The van der Waals surface area contributed by atoms with Gasteiger partial charge in [-0.1, -0.05) is 24.3 Å². The minimum atomic E-state index is 0.308. The predicted molar refractivity (Wildman–Crippen MR) is 77.6 cm³/mol. The molecule has 1 aliphatic heterocycles. The van der Waals surface area contributed by atoms with Crippen LogP contribution in [0.2, 0.25) is 5.28 Å². The van der Waals surface area contributed by atoms with Crippen LogP contribution in [-0.4, -0.2) is 16.5 Å². The molecule has 0 fully saturated rings. The first-order chi connectivity index (χ1) is 9.25. The lowest BCUT2D eigenvalue weighted by molar-refractivity contribution is 0.662. The van der Waals surface area contributed by atoms with E-state index in [9.17, 15) is 0 Å². The summed E-state index contributed by atoms with van der Waals surface area (Å²) in [6.45, 7) is 3.21. The van der Waals surface area contributed by atoms with E-state index >= 15 is 0 Å². The number of halogens is 1. The molecule has 3 nitrogen and oxygen atoms in total. The second-order valence-corrected chi connectivity index (χ2v) is 5.19. The number of rotatable bonds is 1. The van der Waals surface area contributed by atoms with Gasteiger partial charge in [-0.3, -0.25) is 0 Å². The predicted octanol–water partition coefficient (Wildman–Crippen LogP) is 3.64. The van der Waals surface area contributed by atoms with Gasteiger partial charge >= 0.3 is 0 Å². The van der Waals surface area contributed by atoms with Gasteiger partial charge in [0.2, 0.25) is 5.28 Å². The Bertz CT molecular complexity index is 585. The first-order valence-corrected chi connectivity index (χ1v) is 6.96. The van der Waals surface area contributed by atoms with Gasteiger partial charge in [-0.2, -0.15) is 0 Å². The highest BCUT2D eigenvalue weighted by molar-refractivity contribution is 6.28. The molecule has 3 rings (SSSR count). The standard InChI is InChI=1S/C15H16ClN3/c1-11-13-7-3-2-5-12(13)6-4-10-19(11)14-8-9-17-15(16)18-14/h2-3,5,7-9,11H,4,6,10H2,1H3. The summed E-state index contributed by atoms with van der Waals surface area (Å²) in [7, 11) is 0. The van der Waals surface area contributed by atoms with Crippen LogP contribution in [0.15, 0.2) is 36.5 Å². The van der Waals surface area contributed by atoms with Crippen molar-refractivity contribution < 1.29 is 0 Å². The Morgan fingerprint density at radius 1 is 1.26 bits per heavy atom. The van der Waals surface area contributed by atoms with E-state index in [1.807, 2.05) is 6.07 Å². The Morgan fingerprint density at radius 2 is 2.11 bits per heavy atom. The van der Waals surface area contributed by atoms with Gasteiger partial charge in [0, 0.05) is 12.7 Å². The first kappa shape index (κ1) is 12.4. The maximum Gasteiger partial charge on any atom is 0.224 e. The Kier molecular flexibility index (Phi) is 3.38. The molecule has 2 aromatic rings. The van der Waals surface area contributed by atoms with Gasteiger partial charge in [-0.05, 0) is 48.6 Å². The number of aromatic nitrogens is 2. The zero-order valence-electron chi connectivity index (χ0n) is 10.9. The quantitative estimate of drug-likeness (QED) is 0.743. The van der Waals surface area contributed by atoms with Crippen molar-refractivity contribution in [1.82, 2.24) is 9.97 Å². The van der Waals surface area contributed by atoms with E-state index in [0.717, 1.165) is 25.2 Å². The molecule has 0 spiro atoms. The van der Waals surface area contributed by atoms with Crippen LogP contribution in [0.4, 0.5) is 5.82 Å². The van der Waals surface area contributed by atoms with Crippen LogP contribution in [0.25, 0.3) is 0 Å². The molecular formula is C15H16ClN3. The van der Waals surface area contributed by atoms with Crippen molar-refractivity contribution in [2.45, 2.75) is 25.8 Å². The van der Waals surface area contributed by atoms with Crippen LogP contribution >= 0.6 is 11.6 Å². The molecule has 1 aromatic heterocycles. The first-order valence-electron chi connectivity index (χ1n) is 6.58. The average molecular weight is 274 g/mol. The summed E-state index contributed by atoms with van der Waals surface area (Å²) >= 11 is 5.90. The number of hydrogen-bond acceptors (Lipinski definition) is 3. The maximum atomic E-state index is 5.90. The largest absolute Gasteiger partial charge is 0.350 e. The molecular weight excluding hydrogens is 258 g/mol. The molecule has 0 saturated carbocycles. The lowest BCUT2D eigenvalue weighted by atomic mass is 10.00. The van der Waals surface area contributed by atoms with Crippen molar-refractivity contribution in [3.63, 3.8) is 0 Å². The third-order valence-electron chi connectivity index (χ3n) is 3.72. The highest BCUT2D eigenvalue weighted by atomic mass is 35.5. The summed E-state index contributed by atoms with van der Waals surface area (Å²) in [4.78, 5) is 10.6. The van der Waals surface area contributed by atoms with E-state index in [-0.39, 0.29) is 0 Å². The van der Waals surface area contributed by atoms with Crippen molar-refractivity contribution in [3.8, 4) is 0 Å². The van der Waals surface area contributed by atoms with E-state index in [0.29, 0.717) is 11.3 Å². The molecule has 0 aliphatic carbocycles. The van der Waals surface area contributed by atoms with Crippen LogP contribution in [0, 0.1) is 0 Å². The third kappa shape index (κ3) is 2.43. The average Bonchev–Trinajstić information content (AvgIpc) is 2.59. The summed E-state index contributed by atoms with van der Waals surface area (Å²) in [5, 5.41) is 0.308. The lowest BCUT2D eigenvalue weighted by Gasteiger charge is -2.29. The number of aryl methyl sites for hydroxylation is 1. The number of anilines is 1. The number of benzene rings is 1. The van der Waals surface area contributed by atoms with Crippen molar-refractivity contribution in [2.75, 3.05) is 11.4 Å². The molecule has 1 atom stereocenters. The molecule has 0 N–H and O–H groups in total. The van der Waals surface area contributed by atoms with Gasteiger partial charge in [0.05, 0.1) is 6.04 Å². The van der Waals surface area contributed by atoms with E-state index in [2.05, 4.69) is 46.1 Å². The fraction of sp³-hybridized carbons (Fsp3) is 0.333. The smallest absolute Gasteiger partial charge is 0.224 e. The highest BCUT2D eigenvalue weighted by Gasteiger charge is 2.22. The summed E-state index contributed by atoms with van der Waals surface area (Å²) in [5.41, 5.74) is 2.83. The molecule has 19 heavy (non-hydrogen) atoms. The zero-order chi connectivity index (χ0) is 13.2. The van der Waals surface area contributed by atoms with Gasteiger partial charge in [0.1, 0.15) is 5.82 Å². The summed E-state index contributed by atoms with van der Waals surface area (Å²) < 4.78 is 0. The van der Waals surface area contributed by atoms with Crippen molar-refractivity contribution >= 4 is 17.4 Å². The van der Waals surface area contributed by atoms with Crippen LogP contribution in [0.3, 0.4) is 0 Å². The molecule has 0 radical (unpaired) electrons. The van der Waals surface area contributed by atoms with Crippen LogP contribution < -0.4 is 4.90 Å². The lowest BCUT2D eigenvalue weighted by Crippen LogP contribution is -2.27. The number of fused-ring (bicyclic) bond motifs is 1. The monoisotopic (exact) mass is 273 g/mol.